The van der Waals surface area contributed by atoms with Gasteiger partial charge in [0, 0.05) is 11.1 Å². The lowest BCUT2D eigenvalue weighted by atomic mass is 9.66. The molecule has 1 heterocycles. The van der Waals surface area contributed by atoms with Crippen LogP contribution >= 0.6 is 0 Å². The molecule has 0 amide bonds. The lowest BCUT2D eigenvalue weighted by Gasteiger charge is -2.50. The Morgan fingerprint density at radius 3 is 1.42 bits per heavy atom. The summed E-state index contributed by atoms with van der Waals surface area (Å²) >= 11 is 0. The first-order chi connectivity index (χ1) is 11.4. The van der Waals surface area contributed by atoms with Gasteiger partial charge in [-0.3, -0.25) is 9.59 Å². The minimum atomic E-state index is -0.246. The maximum Gasteiger partial charge on any atom is 0.232 e. The number of carbonyl (C=O) groups is 2. The molecule has 4 heteroatoms. The van der Waals surface area contributed by atoms with Crippen LogP contribution in [0.4, 0.5) is 0 Å². The SMILES string of the molecule is CC1C(C)C(C)C2OC3=C(OC2C1C)C(=O)c1ccccc1C3=O. The van der Waals surface area contributed by atoms with E-state index >= 15 is 0 Å². The molecular formula is C20H22O4. The van der Waals surface area contributed by atoms with Crippen molar-refractivity contribution >= 4 is 11.6 Å². The number of carbonyl (C=O) groups excluding carboxylic acids is 2. The Morgan fingerprint density at radius 1 is 0.667 bits per heavy atom. The number of Topliss-reactive ketones (excluding diaryl/α,β-unsaturated/α-hetero) is 2. The van der Waals surface area contributed by atoms with E-state index in [1.54, 1.807) is 24.3 Å². The second kappa shape index (κ2) is 5.20. The van der Waals surface area contributed by atoms with Gasteiger partial charge in [0.15, 0.2) is 0 Å². The van der Waals surface area contributed by atoms with Gasteiger partial charge in [-0.2, -0.15) is 0 Å². The molecule has 24 heavy (non-hydrogen) atoms. The molecule has 0 saturated heterocycles. The van der Waals surface area contributed by atoms with Gasteiger partial charge < -0.3 is 9.47 Å². The summed E-state index contributed by atoms with van der Waals surface area (Å²) in [5.74, 6) is 1.16. The van der Waals surface area contributed by atoms with Gasteiger partial charge in [0.25, 0.3) is 0 Å². The van der Waals surface area contributed by atoms with E-state index in [1.807, 2.05) is 0 Å². The zero-order valence-electron chi connectivity index (χ0n) is 14.4. The van der Waals surface area contributed by atoms with Gasteiger partial charge in [0.1, 0.15) is 12.2 Å². The molecule has 6 atom stereocenters. The van der Waals surface area contributed by atoms with Crippen molar-refractivity contribution in [2.75, 3.05) is 0 Å². The predicted octanol–water partition coefficient (Wildman–Crippen LogP) is 3.62. The minimum Gasteiger partial charge on any atom is -0.479 e. The molecule has 2 aliphatic carbocycles. The summed E-state index contributed by atoms with van der Waals surface area (Å²) in [5.41, 5.74) is 0.808. The molecule has 0 radical (unpaired) electrons. The molecule has 1 aromatic rings. The van der Waals surface area contributed by atoms with Crippen molar-refractivity contribution in [3.8, 4) is 0 Å². The first-order valence-electron chi connectivity index (χ1n) is 8.67. The highest BCUT2D eigenvalue weighted by molar-refractivity contribution is 6.25. The fraction of sp³-hybridized carbons (Fsp3) is 0.500. The number of rotatable bonds is 0. The van der Waals surface area contributed by atoms with Crippen LogP contribution in [0.1, 0.15) is 48.4 Å². The molecule has 3 aliphatic rings. The van der Waals surface area contributed by atoms with Crippen LogP contribution in [0.5, 0.6) is 0 Å². The van der Waals surface area contributed by atoms with Gasteiger partial charge in [0.05, 0.1) is 0 Å². The highest BCUT2D eigenvalue weighted by Gasteiger charge is 2.52. The van der Waals surface area contributed by atoms with Crippen LogP contribution in [0.25, 0.3) is 0 Å². The topological polar surface area (TPSA) is 52.6 Å². The number of allylic oxidation sites excluding steroid dienone is 2. The maximum absolute atomic E-state index is 12.8. The molecule has 4 rings (SSSR count). The Morgan fingerprint density at radius 2 is 1.04 bits per heavy atom. The molecule has 1 fully saturated rings. The van der Waals surface area contributed by atoms with Crippen LogP contribution in [-0.2, 0) is 9.47 Å². The van der Waals surface area contributed by atoms with Gasteiger partial charge in [-0.25, -0.2) is 0 Å². The Kier molecular flexibility index (Phi) is 3.34. The van der Waals surface area contributed by atoms with Crippen LogP contribution in [0.3, 0.4) is 0 Å². The third kappa shape index (κ3) is 1.92. The van der Waals surface area contributed by atoms with E-state index in [2.05, 4.69) is 27.7 Å². The first kappa shape index (κ1) is 15.4. The summed E-state index contributed by atoms with van der Waals surface area (Å²) in [4.78, 5) is 25.6. The minimum absolute atomic E-state index is 0.0979. The summed E-state index contributed by atoms with van der Waals surface area (Å²) in [6.07, 6.45) is -0.376. The number of fused-ring (bicyclic) bond motifs is 2. The quantitative estimate of drug-likeness (QED) is 0.731. The Bertz CT molecular complexity index is 700. The largest absolute Gasteiger partial charge is 0.479 e. The molecule has 126 valence electrons. The summed E-state index contributed by atoms with van der Waals surface area (Å²) in [6, 6.07) is 6.87. The van der Waals surface area contributed by atoms with Gasteiger partial charge >= 0.3 is 0 Å². The van der Waals surface area contributed by atoms with Crippen molar-refractivity contribution in [1.82, 2.24) is 0 Å². The lowest BCUT2D eigenvalue weighted by Crippen LogP contribution is -2.54. The number of benzene rings is 1. The number of hydrogen-bond donors (Lipinski definition) is 0. The van der Waals surface area contributed by atoms with E-state index < -0.39 is 0 Å². The molecule has 1 aliphatic heterocycles. The summed E-state index contributed by atoms with van der Waals surface area (Å²) in [5, 5.41) is 0. The van der Waals surface area contributed by atoms with Crippen LogP contribution in [0, 0.1) is 23.7 Å². The van der Waals surface area contributed by atoms with Crippen LogP contribution in [0.15, 0.2) is 35.8 Å². The van der Waals surface area contributed by atoms with Crippen LogP contribution in [0.2, 0.25) is 0 Å². The fourth-order valence-corrected chi connectivity index (χ4v) is 4.32. The number of hydrogen-bond acceptors (Lipinski definition) is 4. The predicted molar refractivity (Wildman–Crippen MR) is 88.5 cm³/mol. The van der Waals surface area contributed by atoms with Crippen molar-refractivity contribution in [3.05, 3.63) is 46.9 Å². The zero-order valence-corrected chi connectivity index (χ0v) is 14.4. The molecule has 0 N–H and O–H groups in total. The van der Waals surface area contributed by atoms with Crippen LogP contribution in [-0.4, -0.2) is 23.8 Å². The van der Waals surface area contributed by atoms with Crippen molar-refractivity contribution < 1.29 is 19.1 Å². The summed E-state index contributed by atoms with van der Waals surface area (Å²) in [7, 11) is 0. The van der Waals surface area contributed by atoms with Gasteiger partial charge in [-0.1, -0.05) is 52.0 Å². The van der Waals surface area contributed by atoms with E-state index in [0.717, 1.165) is 0 Å². The average Bonchev–Trinajstić information content (AvgIpc) is 2.61. The van der Waals surface area contributed by atoms with Crippen molar-refractivity contribution in [2.24, 2.45) is 23.7 Å². The van der Waals surface area contributed by atoms with Gasteiger partial charge in [-0.15, -0.1) is 0 Å². The molecule has 6 unspecified atom stereocenters. The molecule has 0 aromatic heterocycles. The fourth-order valence-electron chi connectivity index (χ4n) is 4.32. The zero-order chi connectivity index (χ0) is 17.2. The van der Waals surface area contributed by atoms with E-state index in [0.29, 0.717) is 23.0 Å². The first-order valence-corrected chi connectivity index (χ1v) is 8.67. The molecule has 0 bridgehead atoms. The van der Waals surface area contributed by atoms with Crippen molar-refractivity contribution in [2.45, 2.75) is 39.9 Å². The third-order valence-electron chi connectivity index (χ3n) is 6.39. The highest BCUT2D eigenvalue weighted by Crippen LogP contribution is 2.46. The molecular weight excluding hydrogens is 304 g/mol. The normalized spacial score (nSPS) is 37.8. The van der Waals surface area contributed by atoms with Crippen molar-refractivity contribution in [3.63, 3.8) is 0 Å². The Balaban J connectivity index is 1.78. The van der Waals surface area contributed by atoms with Crippen molar-refractivity contribution in [1.29, 1.82) is 0 Å². The smallest absolute Gasteiger partial charge is 0.232 e. The molecule has 1 aromatic carbocycles. The molecule has 0 spiro atoms. The van der Waals surface area contributed by atoms with Crippen LogP contribution < -0.4 is 0 Å². The third-order valence-corrected chi connectivity index (χ3v) is 6.39. The monoisotopic (exact) mass is 326 g/mol. The van der Waals surface area contributed by atoms with Gasteiger partial charge in [0.2, 0.25) is 23.1 Å². The van der Waals surface area contributed by atoms with Gasteiger partial charge in [-0.05, 0) is 23.7 Å². The number of ether oxygens (including phenoxy) is 2. The average molecular weight is 326 g/mol. The lowest BCUT2D eigenvalue weighted by molar-refractivity contribution is -0.151. The Labute approximate surface area is 141 Å². The second-order valence-electron chi connectivity index (χ2n) is 7.46. The molecule has 1 saturated carbocycles. The van der Waals surface area contributed by atoms with E-state index in [-0.39, 0.29) is 47.1 Å². The Hall–Kier alpha value is -2.10. The van der Waals surface area contributed by atoms with E-state index in [1.165, 1.54) is 0 Å². The standard InChI is InChI=1S/C20H22O4/c1-9-10(2)12(4)18-17(11(9)3)23-19-15(21)13-7-5-6-8-14(13)16(22)20(19)24-18/h5-12,17-18H,1-4H3. The second-order valence-corrected chi connectivity index (χ2v) is 7.46. The molecule has 4 nitrogen and oxygen atoms in total. The summed E-state index contributed by atoms with van der Waals surface area (Å²) in [6.45, 7) is 8.72. The maximum atomic E-state index is 12.8. The number of ketones is 2. The summed E-state index contributed by atoms with van der Waals surface area (Å²) < 4.78 is 12.2. The van der Waals surface area contributed by atoms with E-state index in [4.69, 9.17) is 9.47 Å². The highest BCUT2D eigenvalue weighted by atomic mass is 16.6. The van der Waals surface area contributed by atoms with E-state index in [9.17, 15) is 9.59 Å².